The van der Waals surface area contributed by atoms with E-state index in [1.54, 1.807) is 6.33 Å². The fourth-order valence-electron chi connectivity index (χ4n) is 3.73. The van der Waals surface area contributed by atoms with Crippen LogP contribution < -0.4 is 15.8 Å². The number of nitrogen functional groups attached to an aromatic ring is 1. The van der Waals surface area contributed by atoms with Crippen molar-refractivity contribution in [2.24, 2.45) is 0 Å². The molecule has 3 N–H and O–H groups in total. The number of rotatable bonds is 7. The smallest absolute Gasteiger partial charge is 0.144 e. The van der Waals surface area contributed by atoms with Crippen LogP contribution in [0.5, 0.6) is 5.75 Å². The summed E-state index contributed by atoms with van der Waals surface area (Å²) in [6.07, 6.45) is 2.54. The number of nitrogens with zero attached hydrogens (tertiary/aromatic N) is 4. The largest absolute Gasteiger partial charge is 0.491 e. The van der Waals surface area contributed by atoms with Crippen LogP contribution in [-0.4, -0.2) is 66.1 Å². The molecule has 158 valence electrons. The minimum atomic E-state index is 0.601. The van der Waals surface area contributed by atoms with Crippen LogP contribution in [0.4, 0.5) is 17.2 Å². The van der Waals surface area contributed by atoms with Gasteiger partial charge in [-0.1, -0.05) is 12.1 Å². The van der Waals surface area contributed by atoms with E-state index in [9.17, 15) is 0 Å². The first-order chi connectivity index (χ1) is 14.6. The molecular weight excluding hydrogens is 376 g/mol. The average Bonchev–Trinajstić information content (AvgIpc) is 2.73. The van der Waals surface area contributed by atoms with Crippen molar-refractivity contribution in [3.63, 3.8) is 0 Å². The number of aromatic nitrogens is 2. The fourth-order valence-corrected chi connectivity index (χ4v) is 3.73. The SMILES string of the molecule is Cc1cccc(Nc2ncnc3cc(OCCCN4CCN(C)CC4)c(N)cc23)c1. The second kappa shape index (κ2) is 9.28. The Hall–Kier alpha value is -2.90. The molecule has 2 heterocycles. The van der Waals surface area contributed by atoms with Gasteiger partial charge in [0.25, 0.3) is 0 Å². The molecule has 0 bridgehead atoms. The van der Waals surface area contributed by atoms with Crippen molar-refractivity contribution in [1.29, 1.82) is 0 Å². The third-order valence-corrected chi connectivity index (χ3v) is 5.52. The number of likely N-dealkylation sites (N-methyl/N-ethyl adjacent to an activating group) is 1. The van der Waals surface area contributed by atoms with E-state index in [0.717, 1.165) is 61.6 Å². The minimum Gasteiger partial charge on any atom is -0.491 e. The zero-order valence-corrected chi connectivity index (χ0v) is 17.8. The quantitative estimate of drug-likeness (QED) is 0.460. The molecule has 1 aromatic heterocycles. The molecule has 4 rings (SSSR count). The van der Waals surface area contributed by atoms with Crippen LogP contribution >= 0.6 is 0 Å². The summed E-state index contributed by atoms with van der Waals surface area (Å²) < 4.78 is 5.99. The van der Waals surface area contributed by atoms with Crippen molar-refractivity contribution in [2.75, 3.05) is 57.4 Å². The van der Waals surface area contributed by atoms with Gasteiger partial charge in [0.1, 0.15) is 17.9 Å². The first-order valence-corrected chi connectivity index (χ1v) is 10.5. The molecule has 1 fully saturated rings. The number of ether oxygens (including phenoxy) is 1. The van der Waals surface area contributed by atoms with Crippen molar-refractivity contribution in [1.82, 2.24) is 19.8 Å². The maximum Gasteiger partial charge on any atom is 0.144 e. The molecule has 7 heteroatoms. The number of anilines is 3. The van der Waals surface area contributed by atoms with Gasteiger partial charge in [-0.25, -0.2) is 9.97 Å². The molecule has 0 saturated carbocycles. The summed E-state index contributed by atoms with van der Waals surface area (Å²) in [5.74, 6) is 1.42. The number of hydrogen-bond donors (Lipinski definition) is 2. The summed E-state index contributed by atoms with van der Waals surface area (Å²) in [6, 6.07) is 12.0. The lowest BCUT2D eigenvalue weighted by Gasteiger charge is -2.32. The molecule has 3 aromatic rings. The van der Waals surface area contributed by atoms with Crippen LogP contribution in [0.15, 0.2) is 42.7 Å². The molecule has 30 heavy (non-hydrogen) atoms. The van der Waals surface area contributed by atoms with Crippen LogP contribution in [0.2, 0.25) is 0 Å². The van der Waals surface area contributed by atoms with Gasteiger partial charge < -0.3 is 25.6 Å². The molecule has 2 aromatic carbocycles. The molecule has 1 aliphatic rings. The number of nitrogens with one attached hydrogen (secondary N) is 1. The number of fused-ring (bicyclic) bond motifs is 1. The topological polar surface area (TPSA) is 79.5 Å². The lowest BCUT2D eigenvalue weighted by atomic mass is 10.2. The van der Waals surface area contributed by atoms with Crippen LogP contribution in [0, 0.1) is 6.92 Å². The third kappa shape index (κ3) is 4.98. The van der Waals surface area contributed by atoms with Crippen LogP contribution in [-0.2, 0) is 0 Å². The average molecular weight is 407 g/mol. The fraction of sp³-hybridized carbons (Fsp3) is 0.391. The lowest BCUT2D eigenvalue weighted by molar-refractivity contribution is 0.145. The zero-order chi connectivity index (χ0) is 20.9. The van der Waals surface area contributed by atoms with E-state index < -0.39 is 0 Å². The Morgan fingerprint density at radius 3 is 2.73 bits per heavy atom. The number of hydrogen-bond acceptors (Lipinski definition) is 7. The first-order valence-electron chi connectivity index (χ1n) is 10.5. The highest BCUT2D eigenvalue weighted by Gasteiger charge is 2.13. The summed E-state index contributed by atoms with van der Waals surface area (Å²) in [7, 11) is 2.17. The van der Waals surface area contributed by atoms with Gasteiger partial charge in [0.15, 0.2) is 0 Å². The summed E-state index contributed by atoms with van der Waals surface area (Å²) >= 11 is 0. The highest BCUT2D eigenvalue weighted by Crippen LogP contribution is 2.31. The maximum atomic E-state index is 6.29. The predicted molar refractivity (Wildman–Crippen MR) is 122 cm³/mol. The molecule has 0 aliphatic carbocycles. The van der Waals surface area contributed by atoms with E-state index in [4.69, 9.17) is 10.5 Å². The molecule has 0 radical (unpaired) electrons. The molecule has 1 aliphatic heterocycles. The molecule has 0 unspecified atom stereocenters. The van der Waals surface area contributed by atoms with E-state index in [0.29, 0.717) is 18.0 Å². The Balaban J connectivity index is 1.41. The first kappa shape index (κ1) is 20.4. The normalized spacial score (nSPS) is 15.4. The van der Waals surface area contributed by atoms with Crippen LogP contribution in [0.3, 0.4) is 0 Å². The maximum absolute atomic E-state index is 6.29. The van der Waals surface area contributed by atoms with Gasteiger partial charge in [-0.05, 0) is 44.2 Å². The molecule has 0 amide bonds. The molecular formula is C23H30N6O. The molecule has 7 nitrogen and oxygen atoms in total. The van der Waals surface area contributed by atoms with Crippen LogP contribution in [0.1, 0.15) is 12.0 Å². The van der Waals surface area contributed by atoms with E-state index >= 15 is 0 Å². The summed E-state index contributed by atoms with van der Waals surface area (Å²) in [6.45, 7) is 8.28. The molecule has 0 spiro atoms. The summed E-state index contributed by atoms with van der Waals surface area (Å²) in [5.41, 5.74) is 9.87. The minimum absolute atomic E-state index is 0.601. The monoisotopic (exact) mass is 406 g/mol. The number of aryl methyl sites for hydroxylation is 1. The standard InChI is InChI=1S/C23H30N6O/c1-17-5-3-6-18(13-17)27-23-19-14-20(24)22(15-21(19)25-16-26-23)30-12-4-7-29-10-8-28(2)9-11-29/h3,5-6,13-16H,4,7-12,24H2,1-2H3,(H,25,26,27). The molecule has 1 saturated heterocycles. The van der Waals surface area contributed by atoms with E-state index in [-0.39, 0.29) is 0 Å². The van der Waals surface area contributed by atoms with Gasteiger partial charge in [0, 0.05) is 49.9 Å². The zero-order valence-electron chi connectivity index (χ0n) is 17.8. The van der Waals surface area contributed by atoms with Crippen molar-refractivity contribution in [3.05, 3.63) is 48.3 Å². The van der Waals surface area contributed by atoms with Gasteiger partial charge in [-0.3, -0.25) is 0 Å². The molecule has 0 atom stereocenters. The summed E-state index contributed by atoms with van der Waals surface area (Å²) in [5, 5.41) is 4.25. The summed E-state index contributed by atoms with van der Waals surface area (Å²) in [4.78, 5) is 13.7. The van der Waals surface area contributed by atoms with Gasteiger partial charge in [-0.2, -0.15) is 0 Å². The highest BCUT2D eigenvalue weighted by molar-refractivity contribution is 5.94. The van der Waals surface area contributed by atoms with Crippen molar-refractivity contribution < 1.29 is 4.74 Å². The van der Waals surface area contributed by atoms with Gasteiger partial charge in [0.2, 0.25) is 0 Å². The van der Waals surface area contributed by atoms with Gasteiger partial charge in [0.05, 0.1) is 17.8 Å². The Labute approximate surface area is 177 Å². The lowest BCUT2D eigenvalue weighted by Crippen LogP contribution is -2.44. The Kier molecular flexibility index (Phi) is 6.30. The Morgan fingerprint density at radius 2 is 1.93 bits per heavy atom. The van der Waals surface area contributed by atoms with Crippen molar-refractivity contribution in [3.8, 4) is 5.75 Å². The number of piperazine rings is 1. The number of nitrogens with two attached hydrogens (primary N) is 1. The highest BCUT2D eigenvalue weighted by atomic mass is 16.5. The third-order valence-electron chi connectivity index (χ3n) is 5.52. The van der Waals surface area contributed by atoms with E-state index in [1.165, 1.54) is 5.56 Å². The van der Waals surface area contributed by atoms with Crippen LogP contribution in [0.25, 0.3) is 10.9 Å². The number of benzene rings is 2. The van der Waals surface area contributed by atoms with Gasteiger partial charge in [-0.15, -0.1) is 0 Å². The van der Waals surface area contributed by atoms with Gasteiger partial charge >= 0.3 is 0 Å². The van der Waals surface area contributed by atoms with Crippen molar-refractivity contribution in [2.45, 2.75) is 13.3 Å². The van der Waals surface area contributed by atoms with E-state index in [1.807, 2.05) is 24.3 Å². The predicted octanol–water partition coefficient (Wildman–Crippen LogP) is 3.28. The Bertz CT molecular complexity index is 1000. The Morgan fingerprint density at radius 1 is 1.10 bits per heavy atom. The van der Waals surface area contributed by atoms with E-state index in [2.05, 4.69) is 51.2 Å². The second-order valence-corrected chi connectivity index (χ2v) is 7.97. The van der Waals surface area contributed by atoms with Crippen molar-refractivity contribution >= 4 is 28.1 Å². The second-order valence-electron chi connectivity index (χ2n) is 7.97.